The molecule has 0 saturated carbocycles. The van der Waals surface area contributed by atoms with Gasteiger partial charge in [0.25, 0.3) is 0 Å². The minimum atomic E-state index is -4.28. The van der Waals surface area contributed by atoms with Crippen LogP contribution in [0.5, 0.6) is 0 Å². The van der Waals surface area contributed by atoms with Gasteiger partial charge in [0.15, 0.2) is 0 Å². The van der Waals surface area contributed by atoms with Gasteiger partial charge in [-0.05, 0) is 30.0 Å². The molecule has 0 spiro atoms. The second kappa shape index (κ2) is 5.21. The molecule has 1 atom stereocenters. The van der Waals surface area contributed by atoms with Gasteiger partial charge in [-0.15, -0.1) is 0 Å². The number of carbonyl (C=O) groups is 1. The van der Waals surface area contributed by atoms with Crippen LogP contribution in [-0.2, 0) is 11.2 Å². The molecule has 2 rings (SSSR count). The zero-order valence-electron chi connectivity index (χ0n) is 10.3. The molecule has 0 radical (unpaired) electrons. The van der Waals surface area contributed by atoms with Crippen molar-refractivity contribution in [1.82, 2.24) is 0 Å². The Morgan fingerprint density at radius 1 is 1.32 bits per heavy atom. The van der Waals surface area contributed by atoms with Crippen molar-refractivity contribution in [2.24, 2.45) is 5.73 Å². The molecule has 0 aliphatic carbocycles. The highest BCUT2D eigenvalue weighted by Gasteiger charge is 2.31. The third-order valence-corrected chi connectivity index (χ3v) is 3.13. The van der Waals surface area contributed by atoms with Crippen molar-refractivity contribution in [1.29, 1.82) is 0 Å². The number of alkyl halides is 3. The predicted molar refractivity (Wildman–Crippen MR) is 65.6 cm³/mol. The van der Waals surface area contributed by atoms with Gasteiger partial charge in [0, 0.05) is 18.2 Å². The first kappa shape index (κ1) is 13.9. The quantitative estimate of drug-likeness (QED) is 0.869. The molecule has 1 aromatic carbocycles. The van der Waals surface area contributed by atoms with Crippen LogP contribution in [-0.4, -0.2) is 12.1 Å². The Morgan fingerprint density at radius 2 is 2.05 bits per heavy atom. The van der Waals surface area contributed by atoms with Crippen molar-refractivity contribution in [3.8, 4) is 0 Å². The summed E-state index contributed by atoms with van der Waals surface area (Å²) in [7, 11) is 0. The van der Waals surface area contributed by atoms with Crippen molar-refractivity contribution in [2.75, 3.05) is 5.32 Å². The normalized spacial score (nSPS) is 17.4. The summed E-state index contributed by atoms with van der Waals surface area (Å²) < 4.78 is 36.9. The highest BCUT2D eigenvalue weighted by Crippen LogP contribution is 2.30. The maximum absolute atomic E-state index is 12.3. The van der Waals surface area contributed by atoms with E-state index in [1.165, 1.54) is 0 Å². The Balaban J connectivity index is 2.21. The van der Waals surface area contributed by atoms with E-state index in [2.05, 4.69) is 5.32 Å². The average molecular weight is 272 g/mol. The Kier molecular flexibility index (Phi) is 3.80. The fourth-order valence-corrected chi connectivity index (χ4v) is 2.19. The Hall–Kier alpha value is -1.56. The van der Waals surface area contributed by atoms with Crippen LogP contribution in [0.4, 0.5) is 18.9 Å². The van der Waals surface area contributed by atoms with E-state index in [0.29, 0.717) is 30.5 Å². The van der Waals surface area contributed by atoms with Crippen LogP contribution < -0.4 is 11.1 Å². The van der Waals surface area contributed by atoms with Crippen molar-refractivity contribution < 1.29 is 18.0 Å². The number of amides is 1. The lowest BCUT2D eigenvalue weighted by atomic mass is 9.98. The molecule has 0 saturated heterocycles. The van der Waals surface area contributed by atoms with Crippen LogP contribution in [0.3, 0.4) is 0 Å². The lowest BCUT2D eigenvalue weighted by Crippen LogP contribution is -2.20. The fraction of sp³-hybridized carbons (Fsp3) is 0.462. The van der Waals surface area contributed by atoms with E-state index in [9.17, 15) is 18.0 Å². The van der Waals surface area contributed by atoms with Gasteiger partial charge in [-0.2, -0.15) is 13.2 Å². The summed E-state index contributed by atoms with van der Waals surface area (Å²) in [6.07, 6.45) is -3.53. The summed E-state index contributed by atoms with van der Waals surface area (Å²) in [6, 6.07) is 3.77. The number of hydrogen-bond donors (Lipinski definition) is 2. The van der Waals surface area contributed by atoms with Gasteiger partial charge in [-0.1, -0.05) is 12.1 Å². The maximum Gasteiger partial charge on any atom is 0.390 e. The smallest absolute Gasteiger partial charge is 0.326 e. The van der Waals surface area contributed by atoms with E-state index in [4.69, 9.17) is 5.73 Å². The largest absolute Gasteiger partial charge is 0.390 e. The Labute approximate surface area is 109 Å². The molecule has 19 heavy (non-hydrogen) atoms. The Morgan fingerprint density at radius 3 is 2.74 bits per heavy atom. The average Bonchev–Trinajstić information content (AvgIpc) is 2.46. The molecule has 1 aliphatic heterocycles. The molecular formula is C13H15F3N2O. The number of rotatable bonds is 2. The summed E-state index contributed by atoms with van der Waals surface area (Å²) >= 11 is 0. The second-order valence-corrected chi connectivity index (χ2v) is 4.74. The number of hydrogen-bond acceptors (Lipinski definition) is 2. The molecule has 0 bridgehead atoms. The summed E-state index contributed by atoms with van der Waals surface area (Å²) in [5, 5.41) is 2.73. The number of nitrogens with two attached hydrogens (primary N) is 1. The van der Waals surface area contributed by atoms with E-state index in [1.54, 1.807) is 18.2 Å². The topological polar surface area (TPSA) is 55.1 Å². The fourth-order valence-electron chi connectivity index (χ4n) is 2.19. The monoisotopic (exact) mass is 272 g/mol. The van der Waals surface area contributed by atoms with Gasteiger partial charge >= 0.3 is 6.18 Å². The summed E-state index contributed by atoms with van der Waals surface area (Å²) in [6.45, 7) is 0. The van der Waals surface area contributed by atoms with Crippen LogP contribution in [0.15, 0.2) is 18.2 Å². The van der Waals surface area contributed by atoms with E-state index in [1.807, 2.05) is 0 Å². The lowest BCUT2D eigenvalue weighted by Gasteiger charge is -2.16. The number of aryl methyl sites for hydroxylation is 1. The van der Waals surface area contributed by atoms with Crippen LogP contribution in [0.2, 0.25) is 0 Å². The maximum atomic E-state index is 12.3. The molecule has 0 fully saturated rings. The van der Waals surface area contributed by atoms with Gasteiger partial charge in [-0.3, -0.25) is 4.79 Å². The zero-order chi connectivity index (χ0) is 14.0. The van der Waals surface area contributed by atoms with Crippen LogP contribution in [0.25, 0.3) is 0 Å². The number of halogens is 3. The van der Waals surface area contributed by atoms with Crippen molar-refractivity contribution >= 4 is 11.6 Å². The van der Waals surface area contributed by atoms with E-state index in [-0.39, 0.29) is 5.91 Å². The summed E-state index contributed by atoms with van der Waals surface area (Å²) in [4.78, 5) is 11.4. The van der Waals surface area contributed by atoms with Gasteiger partial charge in [0.1, 0.15) is 0 Å². The van der Waals surface area contributed by atoms with E-state index >= 15 is 0 Å². The van der Waals surface area contributed by atoms with Crippen LogP contribution in [0, 0.1) is 0 Å². The molecule has 0 aromatic heterocycles. The zero-order valence-corrected chi connectivity index (χ0v) is 10.3. The summed E-state index contributed by atoms with van der Waals surface area (Å²) in [5.41, 5.74) is 7.54. The molecule has 1 aromatic rings. The van der Waals surface area contributed by atoms with Crippen molar-refractivity contribution in [3.63, 3.8) is 0 Å². The van der Waals surface area contributed by atoms with E-state index in [0.717, 1.165) is 5.56 Å². The molecule has 3 nitrogen and oxygen atoms in total. The van der Waals surface area contributed by atoms with E-state index < -0.39 is 18.6 Å². The number of benzene rings is 1. The molecule has 1 unspecified atom stereocenters. The number of nitrogens with one attached hydrogen (secondary N) is 1. The highest BCUT2D eigenvalue weighted by atomic mass is 19.4. The van der Waals surface area contributed by atoms with Crippen molar-refractivity contribution in [2.45, 2.75) is 37.9 Å². The molecule has 6 heteroatoms. The third kappa shape index (κ3) is 3.70. The predicted octanol–water partition coefficient (Wildman–Crippen LogP) is 2.91. The van der Waals surface area contributed by atoms with Crippen LogP contribution >= 0.6 is 0 Å². The molecule has 1 amide bonds. The SMILES string of the molecule is NC(CC(F)(F)F)c1ccc2c(c1)CCCC(=O)N2. The number of carbonyl (C=O) groups excluding carboxylic acids is 1. The number of fused-ring (bicyclic) bond motifs is 1. The first-order valence-electron chi connectivity index (χ1n) is 6.10. The third-order valence-electron chi connectivity index (χ3n) is 3.13. The second-order valence-electron chi connectivity index (χ2n) is 4.74. The van der Waals surface area contributed by atoms with Gasteiger partial charge in [0.2, 0.25) is 5.91 Å². The molecule has 1 aliphatic rings. The minimum absolute atomic E-state index is 0.0638. The first-order valence-corrected chi connectivity index (χ1v) is 6.10. The lowest BCUT2D eigenvalue weighted by molar-refractivity contribution is -0.138. The summed E-state index contributed by atoms with van der Waals surface area (Å²) in [5.74, 6) is -0.0638. The molecule has 3 N–H and O–H groups in total. The van der Waals surface area contributed by atoms with Gasteiger partial charge in [-0.25, -0.2) is 0 Å². The van der Waals surface area contributed by atoms with Gasteiger partial charge in [0.05, 0.1) is 6.42 Å². The minimum Gasteiger partial charge on any atom is -0.326 e. The first-order chi connectivity index (χ1) is 8.85. The molecular weight excluding hydrogens is 257 g/mol. The Bertz CT molecular complexity index is 485. The molecule has 104 valence electrons. The van der Waals surface area contributed by atoms with Crippen LogP contribution in [0.1, 0.15) is 36.4 Å². The standard InChI is InChI=1S/C13H15F3N2O/c14-13(15,16)7-10(17)8-4-5-11-9(6-8)2-1-3-12(19)18-11/h4-6,10H,1-3,7,17H2,(H,18,19). The van der Waals surface area contributed by atoms with Crippen molar-refractivity contribution in [3.05, 3.63) is 29.3 Å². The highest BCUT2D eigenvalue weighted by molar-refractivity contribution is 5.92. The van der Waals surface area contributed by atoms with Gasteiger partial charge < -0.3 is 11.1 Å². The number of anilines is 1. The molecule has 1 heterocycles.